The molecule has 3 aromatic rings. The van der Waals surface area contributed by atoms with Gasteiger partial charge in [-0.15, -0.1) is 0 Å². The van der Waals surface area contributed by atoms with Gasteiger partial charge in [-0.3, -0.25) is 9.59 Å². The summed E-state index contributed by atoms with van der Waals surface area (Å²) in [6.07, 6.45) is 1.27. The molecule has 2 aromatic carbocycles. The Morgan fingerprint density at radius 1 is 0.970 bits per heavy atom. The Kier molecular flexibility index (Phi) is 4.94. The quantitative estimate of drug-likeness (QED) is 0.607. The molecule has 2 aliphatic heterocycles. The lowest BCUT2D eigenvalue weighted by molar-refractivity contribution is -0.00943. The number of aromatic nitrogens is 1. The molecule has 1 saturated heterocycles. The molecule has 0 atom stereocenters. The standard InChI is InChI=1S/C27H28N2O4/c1-18(30)21-12-13-24-27(33-23-7-5-4-6-22(23)29(21)24)14-16-28(17-15-27)25(31)19-8-10-20(11-9-19)26(2,3)32/h4-13,32H,14-17H2,1-3H3. The molecule has 170 valence electrons. The second-order valence-electron chi connectivity index (χ2n) is 9.49. The molecule has 2 aliphatic rings. The molecule has 1 amide bonds. The number of ketones is 1. The van der Waals surface area contributed by atoms with Crippen LogP contribution in [-0.2, 0) is 11.2 Å². The summed E-state index contributed by atoms with van der Waals surface area (Å²) < 4.78 is 8.59. The molecule has 33 heavy (non-hydrogen) atoms. The molecule has 3 heterocycles. The van der Waals surface area contributed by atoms with Crippen molar-refractivity contribution < 1.29 is 19.4 Å². The maximum atomic E-state index is 13.1. The Bertz CT molecular complexity index is 1230. The van der Waals surface area contributed by atoms with Crippen LogP contribution in [0.3, 0.4) is 0 Å². The predicted molar refractivity (Wildman–Crippen MR) is 125 cm³/mol. The average molecular weight is 445 g/mol. The Hall–Kier alpha value is -3.38. The minimum Gasteiger partial charge on any atom is -0.479 e. The second-order valence-corrected chi connectivity index (χ2v) is 9.49. The topological polar surface area (TPSA) is 71.8 Å². The van der Waals surface area contributed by atoms with Crippen molar-refractivity contribution in [3.8, 4) is 11.4 Å². The van der Waals surface area contributed by atoms with Crippen molar-refractivity contribution in [1.29, 1.82) is 0 Å². The third-order valence-electron chi connectivity index (χ3n) is 6.82. The van der Waals surface area contributed by atoms with Crippen LogP contribution in [0.5, 0.6) is 5.75 Å². The van der Waals surface area contributed by atoms with Crippen LogP contribution in [0.2, 0.25) is 0 Å². The number of hydrogen-bond donors (Lipinski definition) is 1. The van der Waals surface area contributed by atoms with Crippen LogP contribution in [0.15, 0.2) is 60.7 Å². The first kappa shape index (κ1) is 21.5. The first-order valence-corrected chi connectivity index (χ1v) is 11.3. The van der Waals surface area contributed by atoms with Gasteiger partial charge in [-0.1, -0.05) is 24.3 Å². The van der Waals surface area contributed by atoms with Crippen molar-refractivity contribution in [3.05, 3.63) is 83.2 Å². The molecule has 5 rings (SSSR count). The van der Waals surface area contributed by atoms with Gasteiger partial charge in [-0.25, -0.2) is 0 Å². The van der Waals surface area contributed by atoms with E-state index in [1.54, 1.807) is 45.0 Å². The fourth-order valence-corrected chi connectivity index (χ4v) is 4.95. The number of para-hydroxylation sites is 2. The highest BCUT2D eigenvalue weighted by molar-refractivity contribution is 5.95. The highest BCUT2D eigenvalue weighted by atomic mass is 16.5. The van der Waals surface area contributed by atoms with Crippen molar-refractivity contribution in [2.75, 3.05) is 13.1 Å². The monoisotopic (exact) mass is 444 g/mol. The summed E-state index contributed by atoms with van der Waals surface area (Å²) in [6.45, 7) is 6.13. The van der Waals surface area contributed by atoms with Crippen molar-refractivity contribution in [2.24, 2.45) is 0 Å². The Labute approximate surface area is 193 Å². The number of piperidine rings is 1. The molecule has 1 fully saturated rings. The molecule has 6 nitrogen and oxygen atoms in total. The van der Waals surface area contributed by atoms with Crippen LogP contribution in [0, 0.1) is 0 Å². The summed E-state index contributed by atoms with van der Waals surface area (Å²) in [6, 6.07) is 18.8. The van der Waals surface area contributed by atoms with Crippen LogP contribution in [-0.4, -0.2) is 39.4 Å². The van der Waals surface area contributed by atoms with Gasteiger partial charge in [-0.05, 0) is 55.8 Å². The third kappa shape index (κ3) is 3.55. The highest BCUT2D eigenvalue weighted by Crippen LogP contribution is 2.46. The van der Waals surface area contributed by atoms with E-state index in [4.69, 9.17) is 4.74 Å². The number of carbonyl (C=O) groups is 2. The van der Waals surface area contributed by atoms with E-state index in [1.165, 1.54) is 0 Å². The average Bonchev–Trinajstić information content (AvgIpc) is 3.26. The summed E-state index contributed by atoms with van der Waals surface area (Å²) >= 11 is 0. The van der Waals surface area contributed by atoms with Crippen molar-refractivity contribution in [2.45, 2.75) is 44.8 Å². The Morgan fingerprint density at radius 2 is 1.64 bits per heavy atom. The van der Waals surface area contributed by atoms with Crippen LogP contribution in [0.25, 0.3) is 5.69 Å². The van der Waals surface area contributed by atoms with Crippen molar-refractivity contribution in [1.82, 2.24) is 9.47 Å². The van der Waals surface area contributed by atoms with Gasteiger partial charge >= 0.3 is 0 Å². The third-order valence-corrected chi connectivity index (χ3v) is 6.82. The van der Waals surface area contributed by atoms with Gasteiger partial charge in [0.2, 0.25) is 0 Å². The number of rotatable bonds is 3. The first-order chi connectivity index (χ1) is 15.7. The van der Waals surface area contributed by atoms with E-state index >= 15 is 0 Å². The number of aliphatic hydroxyl groups is 1. The van der Waals surface area contributed by atoms with Gasteiger partial charge in [-0.2, -0.15) is 0 Å². The van der Waals surface area contributed by atoms with Gasteiger partial charge in [0.05, 0.1) is 22.7 Å². The molecule has 1 aromatic heterocycles. The van der Waals surface area contributed by atoms with E-state index in [0.717, 1.165) is 22.7 Å². The lowest BCUT2D eigenvalue weighted by Gasteiger charge is -2.45. The number of Topliss-reactive ketones (excluding diaryl/α,β-unsaturated/α-hetero) is 1. The maximum Gasteiger partial charge on any atom is 0.253 e. The van der Waals surface area contributed by atoms with E-state index in [1.807, 2.05) is 45.9 Å². The van der Waals surface area contributed by atoms with Gasteiger partial charge in [0.25, 0.3) is 5.91 Å². The minimum atomic E-state index is -0.943. The number of likely N-dealkylation sites (tertiary alicyclic amines) is 1. The number of nitrogens with zero attached hydrogens (tertiary/aromatic N) is 2. The Morgan fingerprint density at radius 3 is 2.27 bits per heavy atom. The lowest BCUT2D eigenvalue weighted by Crippen LogP contribution is -2.50. The minimum absolute atomic E-state index is 0.00946. The molecular formula is C27H28N2O4. The largest absolute Gasteiger partial charge is 0.479 e. The van der Waals surface area contributed by atoms with E-state index < -0.39 is 11.2 Å². The molecule has 1 N–H and O–H groups in total. The lowest BCUT2D eigenvalue weighted by atomic mass is 9.86. The first-order valence-electron chi connectivity index (χ1n) is 11.3. The van der Waals surface area contributed by atoms with Crippen LogP contribution in [0.4, 0.5) is 0 Å². The zero-order valence-corrected chi connectivity index (χ0v) is 19.2. The van der Waals surface area contributed by atoms with Crippen LogP contribution < -0.4 is 4.74 Å². The van der Waals surface area contributed by atoms with Crippen molar-refractivity contribution >= 4 is 11.7 Å². The molecular weight excluding hydrogens is 416 g/mol. The zero-order valence-electron chi connectivity index (χ0n) is 19.2. The number of fused-ring (bicyclic) bond motifs is 4. The van der Waals surface area contributed by atoms with E-state index in [9.17, 15) is 14.7 Å². The van der Waals surface area contributed by atoms with Crippen LogP contribution >= 0.6 is 0 Å². The summed E-state index contributed by atoms with van der Waals surface area (Å²) in [5.41, 5.74) is 2.34. The van der Waals surface area contributed by atoms with Gasteiger partial charge in [0.15, 0.2) is 11.4 Å². The maximum absolute atomic E-state index is 13.1. The zero-order chi connectivity index (χ0) is 23.4. The molecule has 0 bridgehead atoms. The summed E-state index contributed by atoms with van der Waals surface area (Å²) in [7, 11) is 0. The number of hydrogen-bond acceptors (Lipinski definition) is 4. The molecule has 0 radical (unpaired) electrons. The number of ether oxygens (including phenoxy) is 1. The van der Waals surface area contributed by atoms with Crippen molar-refractivity contribution in [3.63, 3.8) is 0 Å². The molecule has 1 spiro atoms. The Balaban J connectivity index is 1.41. The summed E-state index contributed by atoms with van der Waals surface area (Å²) in [4.78, 5) is 27.3. The van der Waals surface area contributed by atoms with Gasteiger partial charge in [0.1, 0.15) is 5.75 Å². The normalized spacial score (nSPS) is 16.7. The smallest absolute Gasteiger partial charge is 0.253 e. The number of amides is 1. The number of benzene rings is 2. The van der Waals surface area contributed by atoms with E-state index in [2.05, 4.69) is 0 Å². The molecule has 0 unspecified atom stereocenters. The molecule has 0 aliphatic carbocycles. The number of carbonyl (C=O) groups excluding carboxylic acids is 2. The van der Waals surface area contributed by atoms with Crippen LogP contribution in [0.1, 0.15) is 65.7 Å². The highest BCUT2D eigenvalue weighted by Gasteiger charge is 2.45. The molecule has 6 heteroatoms. The second kappa shape index (κ2) is 7.59. The predicted octanol–water partition coefficient (Wildman–Crippen LogP) is 4.43. The van der Waals surface area contributed by atoms with E-state index in [0.29, 0.717) is 37.2 Å². The summed E-state index contributed by atoms with van der Waals surface area (Å²) in [5, 5.41) is 10.2. The van der Waals surface area contributed by atoms with Gasteiger partial charge in [0, 0.05) is 38.4 Å². The van der Waals surface area contributed by atoms with Gasteiger partial charge < -0.3 is 19.3 Å². The SMILES string of the molecule is CC(=O)c1ccc2n1-c1ccccc1OC21CCN(C(=O)c2ccc(C(C)(C)O)cc2)CC1. The fourth-order valence-electron chi connectivity index (χ4n) is 4.95. The summed E-state index contributed by atoms with van der Waals surface area (Å²) in [5.74, 6) is 0.740. The molecule has 0 saturated carbocycles. The van der Waals surface area contributed by atoms with E-state index in [-0.39, 0.29) is 11.7 Å². The fraction of sp³-hybridized carbons (Fsp3) is 0.333.